The van der Waals surface area contributed by atoms with E-state index in [-0.39, 0.29) is 0 Å². The molecule has 0 aliphatic heterocycles. The summed E-state index contributed by atoms with van der Waals surface area (Å²) in [5, 5.41) is 3.32. The summed E-state index contributed by atoms with van der Waals surface area (Å²) in [4.78, 5) is 0. The van der Waals surface area contributed by atoms with E-state index >= 15 is 0 Å². The van der Waals surface area contributed by atoms with Gasteiger partial charge < -0.3 is 19.2 Å². The van der Waals surface area contributed by atoms with E-state index in [9.17, 15) is 0 Å². The second kappa shape index (κ2) is 6.73. The van der Waals surface area contributed by atoms with Gasteiger partial charge in [-0.05, 0) is 32.0 Å². The van der Waals surface area contributed by atoms with Crippen LogP contribution in [0.1, 0.15) is 19.4 Å². The Morgan fingerprint density at radius 1 is 1.05 bits per heavy atom. The molecule has 1 heterocycles. The molecule has 0 unspecified atom stereocenters. The molecule has 0 atom stereocenters. The Hall–Kier alpha value is -2.10. The van der Waals surface area contributed by atoms with Crippen molar-refractivity contribution in [3.8, 4) is 11.5 Å². The van der Waals surface area contributed by atoms with E-state index < -0.39 is 0 Å². The van der Waals surface area contributed by atoms with Crippen molar-refractivity contribution in [2.24, 2.45) is 0 Å². The van der Waals surface area contributed by atoms with Gasteiger partial charge in [-0.2, -0.15) is 0 Å². The Morgan fingerprint density at radius 3 is 2.53 bits per heavy atom. The molecule has 1 aromatic heterocycles. The average molecular weight is 261 g/mol. The maximum Gasteiger partial charge on any atom is 0.163 e. The lowest BCUT2D eigenvalue weighted by molar-refractivity contribution is 0.288. The first-order valence-electron chi connectivity index (χ1n) is 6.48. The molecule has 4 nitrogen and oxygen atoms in total. The second-order valence-corrected chi connectivity index (χ2v) is 4.01. The molecule has 0 aliphatic carbocycles. The third kappa shape index (κ3) is 3.68. The number of furan rings is 1. The third-order valence-corrected chi connectivity index (χ3v) is 2.62. The predicted molar refractivity (Wildman–Crippen MR) is 74.8 cm³/mol. The van der Waals surface area contributed by atoms with E-state index in [0.29, 0.717) is 13.2 Å². The van der Waals surface area contributed by atoms with Gasteiger partial charge in [0.2, 0.25) is 0 Å². The molecule has 0 radical (unpaired) electrons. The van der Waals surface area contributed by atoms with Crippen LogP contribution < -0.4 is 14.8 Å². The van der Waals surface area contributed by atoms with Crippen LogP contribution in [-0.4, -0.2) is 13.2 Å². The van der Waals surface area contributed by atoms with Crippen LogP contribution in [0, 0.1) is 0 Å². The summed E-state index contributed by atoms with van der Waals surface area (Å²) >= 11 is 0. The second-order valence-electron chi connectivity index (χ2n) is 4.01. The van der Waals surface area contributed by atoms with Gasteiger partial charge in [-0.25, -0.2) is 0 Å². The van der Waals surface area contributed by atoms with Gasteiger partial charge in [-0.15, -0.1) is 0 Å². The lowest BCUT2D eigenvalue weighted by atomic mass is 10.2. The average Bonchev–Trinajstić information content (AvgIpc) is 2.93. The van der Waals surface area contributed by atoms with E-state index in [1.54, 1.807) is 12.5 Å². The molecule has 0 amide bonds. The Morgan fingerprint density at radius 2 is 1.84 bits per heavy atom. The van der Waals surface area contributed by atoms with Gasteiger partial charge in [0.1, 0.15) is 0 Å². The minimum absolute atomic E-state index is 0.616. The number of hydrogen-bond donors (Lipinski definition) is 1. The fourth-order valence-electron chi connectivity index (χ4n) is 1.76. The molecule has 2 aromatic rings. The topological polar surface area (TPSA) is 43.6 Å². The standard InChI is InChI=1S/C15H19NO3/c1-3-18-14-6-5-13(9-15(14)19-4-2)16-10-12-7-8-17-11-12/h5-9,11,16H,3-4,10H2,1-2H3. The number of rotatable bonds is 7. The molecule has 0 aliphatic rings. The van der Waals surface area contributed by atoms with Crippen LogP contribution in [0.15, 0.2) is 41.2 Å². The van der Waals surface area contributed by atoms with Gasteiger partial charge in [-0.1, -0.05) is 0 Å². The molecule has 102 valence electrons. The lowest BCUT2D eigenvalue weighted by Crippen LogP contribution is -2.01. The predicted octanol–water partition coefficient (Wildman–Crippen LogP) is 3.69. The number of benzene rings is 1. The molecular formula is C15H19NO3. The summed E-state index contributed by atoms with van der Waals surface area (Å²) in [6.45, 7) is 5.88. The molecule has 0 fully saturated rings. The zero-order valence-electron chi connectivity index (χ0n) is 11.3. The Balaban J connectivity index is 2.06. The van der Waals surface area contributed by atoms with Crippen LogP contribution in [0.25, 0.3) is 0 Å². The molecule has 0 spiro atoms. The maximum absolute atomic E-state index is 5.58. The highest BCUT2D eigenvalue weighted by Gasteiger charge is 2.06. The number of nitrogens with one attached hydrogen (secondary N) is 1. The van der Waals surface area contributed by atoms with E-state index in [1.807, 2.05) is 38.1 Å². The highest BCUT2D eigenvalue weighted by molar-refractivity contribution is 5.55. The Labute approximate surface area is 113 Å². The quantitative estimate of drug-likeness (QED) is 0.825. The van der Waals surface area contributed by atoms with Crippen molar-refractivity contribution in [2.45, 2.75) is 20.4 Å². The minimum atomic E-state index is 0.616. The SMILES string of the molecule is CCOc1ccc(NCc2ccoc2)cc1OCC. The molecule has 4 heteroatoms. The highest BCUT2D eigenvalue weighted by Crippen LogP contribution is 2.30. The molecular weight excluding hydrogens is 242 g/mol. The van der Waals surface area contributed by atoms with E-state index in [2.05, 4.69) is 5.32 Å². The summed E-state index contributed by atoms with van der Waals surface area (Å²) < 4.78 is 16.1. The van der Waals surface area contributed by atoms with E-state index in [1.165, 1.54) is 0 Å². The molecule has 0 bridgehead atoms. The summed E-state index contributed by atoms with van der Waals surface area (Å²) in [5.74, 6) is 1.54. The zero-order chi connectivity index (χ0) is 13.5. The van der Waals surface area contributed by atoms with Gasteiger partial charge in [0.05, 0.1) is 25.7 Å². The van der Waals surface area contributed by atoms with Crippen LogP contribution >= 0.6 is 0 Å². The van der Waals surface area contributed by atoms with Gasteiger partial charge in [0.15, 0.2) is 11.5 Å². The fourth-order valence-corrected chi connectivity index (χ4v) is 1.76. The van der Waals surface area contributed by atoms with E-state index in [4.69, 9.17) is 13.9 Å². The first-order valence-corrected chi connectivity index (χ1v) is 6.48. The summed E-state index contributed by atoms with van der Waals surface area (Å²) in [6, 6.07) is 7.79. The fraction of sp³-hybridized carbons (Fsp3) is 0.333. The Bertz CT molecular complexity index is 494. The van der Waals surface area contributed by atoms with Gasteiger partial charge in [0, 0.05) is 23.9 Å². The minimum Gasteiger partial charge on any atom is -0.490 e. The van der Waals surface area contributed by atoms with Crippen molar-refractivity contribution in [2.75, 3.05) is 18.5 Å². The molecule has 19 heavy (non-hydrogen) atoms. The molecule has 1 aromatic carbocycles. The largest absolute Gasteiger partial charge is 0.490 e. The highest BCUT2D eigenvalue weighted by atomic mass is 16.5. The van der Waals surface area contributed by atoms with Crippen molar-refractivity contribution in [3.63, 3.8) is 0 Å². The number of ether oxygens (including phenoxy) is 2. The van der Waals surface area contributed by atoms with Gasteiger partial charge in [-0.3, -0.25) is 0 Å². The van der Waals surface area contributed by atoms with Crippen molar-refractivity contribution in [1.82, 2.24) is 0 Å². The first-order chi connectivity index (χ1) is 9.33. The molecule has 1 N–H and O–H groups in total. The maximum atomic E-state index is 5.58. The number of hydrogen-bond acceptors (Lipinski definition) is 4. The monoisotopic (exact) mass is 261 g/mol. The summed E-state index contributed by atoms with van der Waals surface area (Å²) in [5.41, 5.74) is 2.10. The van der Waals surface area contributed by atoms with Crippen molar-refractivity contribution in [1.29, 1.82) is 0 Å². The van der Waals surface area contributed by atoms with Crippen LogP contribution in [0.3, 0.4) is 0 Å². The number of anilines is 1. The van der Waals surface area contributed by atoms with Gasteiger partial charge in [0.25, 0.3) is 0 Å². The van der Waals surface area contributed by atoms with Crippen molar-refractivity contribution >= 4 is 5.69 Å². The van der Waals surface area contributed by atoms with Crippen LogP contribution in [0.2, 0.25) is 0 Å². The molecule has 2 rings (SSSR count). The summed E-state index contributed by atoms with van der Waals surface area (Å²) in [7, 11) is 0. The van der Waals surface area contributed by atoms with Crippen LogP contribution in [-0.2, 0) is 6.54 Å². The van der Waals surface area contributed by atoms with Crippen molar-refractivity contribution < 1.29 is 13.9 Å². The molecule has 0 saturated heterocycles. The Kier molecular flexibility index (Phi) is 4.72. The smallest absolute Gasteiger partial charge is 0.163 e. The van der Waals surface area contributed by atoms with Crippen LogP contribution in [0.4, 0.5) is 5.69 Å². The zero-order valence-corrected chi connectivity index (χ0v) is 11.3. The lowest BCUT2D eigenvalue weighted by Gasteiger charge is -2.13. The van der Waals surface area contributed by atoms with Gasteiger partial charge >= 0.3 is 0 Å². The molecule has 0 saturated carbocycles. The van der Waals surface area contributed by atoms with E-state index in [0.717, 1.165) is 29.3 Å². The normalized spacial score (nSPS) is 10.2. The third-order valence-electron chi connectivity index (χ3n) is 2.62. The van der Waals surface area contributed by atoms with Crippen molar-refractivity contribution in [3.05, 3.63) is 42.4 Å². The van der Waals surface area contributed by atoms with Crippen LogP contribution in [0.5, 0.6) is 11.5 Å². The first kappa shape index (κ1) is 13.3. The summed E-state index contributed by atoms with van der Waals surface area (Å²) in [6.07, 6.45) is 3.39.